The van der Waals surface area contributed by atoms with Crippen LogP contribution in [-0.2, 0) is 0 Å². The summed E-state index contributed by atoms with van der Waals surface area (Å²) in [6.45, 7) is 16.8. The monoisotopic (exact) mass is 208 g/mol. The predicted octanol–water partition coefficient (Wildman–Crippen LogP) is 5.48. The molecule has 0 aliphatic rings. The van der Waals surface area contributed by atoms with Crippen molar-refractivity contribution in [2.75, 3.05) is 0 Å². The van der Waals surface area contributed by atoms with Gasteiger partial charge in [-0.1, -0.05) is 70.9 Å². The van der Waals surface area contributed by atoms with Crippen LogP contribution in [0, 0.1) is 13.8 Å². The van der Waals surface area contributed by atoms with E-state index in [1.807, 2.05) is 27.7 Å². The second kappa shape index (κ2) is 9.76. The van der Waals surface area contributed by atoms with Gasteiger partial charge in [0.2, 0.25) is 0 Å². The number of hydrogen-bond acceptors (Lipinski definition) is 0. The Balaban J connectivity index is 0. The maximum atomic E-state index is 2.26. The average molecular weight is 208 g/mol. The molecule has 0 unspecified atom stereocenters. The summed E-state index contributed by atoms with van der Waals surface area (Å²) >= 11 is 0. The second-order valence-electron chi connectivity index (χ2n) is 3.58. The van der Waals surface area contributed by atoms with Gasteiger partial charge in [0.25, 0.3) is 0 Å². The van der Waals surface area contributed by atoms with Crippen LogP contribution in [0.5, 0.6) is 0 Å². The first kappa shape index (κ1) is 16.6. The number of benzene rings is 1. The highest BCUT2D eigenvalue weighted by Gasteiger charge is 1.99. The molecule has 0 heteroatoms. The third-order valence-corrected chi connectivity index (χ3v) is 1.91. The number of hydrogen-bond donors (Lipinski definition) is 0. The fraction of sp³-hybridized carbons (Fsp3) is 0.600. The van der Waals surface area contributed by atoms with Crippen LogP contribution in [0.2, 0.25) is 0 Å². The molecule has 0 spiro atoms. The van der Waals surface area contributed by atoms with Crippen LogP contribution < -0.4 is 0 Å². The van der Waals surface area contributed by atoms with E-state index in [0.717, 1.165) is 0 Å². The fourth-order valence-electron chi connectivity index (χ4n) is 1.34. The lowest BCUT2D eigenvalue weighted by Crippen LogP contribution is -1.89. The van der Waals surface area contributed by atoms with E-state index in [-0.39, 0.29) is 0 Å². The van der Waals surface area contributed by atoms with Gasteiger partial charge in [-0.15, -0.1) is 0 Å². The zero-order chi connectivity index (χ0) is 12.4. The van der Waals surface area contributed by atoms with Crippen molar-refractivity contribution in [3.63, 3.8) is 0 Å². The standard InChI is InChI=1S/C11H16.2C2H6/c1-8(2)11-6-9(3)5-10(4)7-11;2*1-2/h5-8H,1-4H3;2*1-2H3. The highest BCUT2D eigenvalue weighted by molar-refractivity contribution is 5.30. The van der Waals surface area contributed by atoms with E-state index < -0.39 is 0 Å². The van der Waals surface area contributed by atoms with Crippen molar-refractivity contribution >= 4 is 0 Å². The molecule has 0 nitrogen and oxygen atoms in total. The molecule has 1 aromatic rings. The fourth-order valence-corrected chi connectivity index (χ4v) is 1.34. The Morgan fingerprint density at radius 2 is 1.07 bits per heavy atom. The molecule has 88 valence electrons. The number of rotatable bonds is 1. The quantitative estimate of drug-likeness (QED) is 0.573. The first-order valence-corrected chi connectivity index (χ1v) is 6.18. The van der Waals surface area contributed by atoms with E-state index in [2.05, 4.69) is 45.9 Å². The highest BCUT2D eigenvalue weighted by Crippen LogP contribution is 2.17. The van der Waals surface area contributed by atoms with Crippen LogP contribution in [0.15, 0.2) is 18.2 Å². The molecular formula is C15H28. The van der Waals surface area contributed by atoms with Crippen LogP contribution in [0.1, 0.15) is 64.2 Å². The van der Waals surface area contributed by atoms with E-state index in [9.17, 15) is 0 Å². The van der Waals surface area contributed by atoms with Gasteiger partial charge in [-0.05, 0) is 25.3 Å². The van der Waals surface area contributed by atoms with Crippen molar-refractivity contribution in [1.29, 1.82) is 0 Å². The predicted molar refractivity (Wildman–Crippen MR) is 72.7 cm³/mol. The van der Waals surface area contributed by atoms with Gasteiger partial charge in [0, 0.05) is 0 Å². The minimum absolute atomic E-state index is 0.647. The Morgan fingerprint density at radius 1 is 0.733 bits per heavy atom. The van der Waals surface area contributed by atoms with Crippen LogP contribution in [0.4, 0.5) is 0 Å². The summed E-state index contributed by atoms with van der Waals surface area (Å²) in [5, 5.41) is 0. The van der Waals surface area contributed by atoms with Gasteiger partial charge in [-0.2, -0.15) is 0 Å². The summed E-state index contributed by atoms with van der Waals surface area (Å²) in [5.41, 5.74) is 4.19. The molecule has 0 radical (unpaired) electrons. The van der Waals surface area contributed by atoms with Crippen LogP contribution >= 0.6 is 0 Å². The molecule has 1 rings (SSSR count). The lowest BCUT2D eigenvalue weighted by molar-refractivity contribution is 0.863. The van der Waals surface area contributed by atoms with E-state index in [1.165, 1.54) is 16.7 Å². The minimum Gasteiger partial charge on any atom is -0.0683 e. The molecule has 0 fully saturated rings. The van der Waals surface area contributed by atoms with Crippen LogP contribution in [-0.4, -0.2) is 0 Å². The van der Waals surface area contributed by atoms with Crippen molar-refractivity contribution in [2.45, 2.75) is 61.3 Å². The molecule has 0 bridgehead atoms. The molecule has 0 saturated heterocycles. The molecule has 0 heterocycles. The molecule has 1 aromatic carbocycles. The third kappa shape index (κ3) is 7.18. The largest absolute Gasteiger partial charge is 0.0683 e. The maximum Gasteiger partial charge on any atom is -0.0219 e. The molecule has 0 aromatic heterocycles. The first-order valence-electron chi connectivity index (χ1n) is 6.18. The van der Waals surface area contributed by atoms with Crippen molar-refractivity contribution in [3.05, 3.63) is 34.9 Å². The van der Waals surface area contributed by atoms with Crippen molar-refractivity contribution in [2.24, 2.45) is 0 Å². The van der Waals surface area contributed by atoms with Gasteiger partial charge in [-0.3, -0.25) is 0 Å². The zero-order valence-electron chi connectivity index (χ0n) is 11.8. The van der Waals surface area contributed by atoms with Gasteiger partial charge < -0.3 is 0 Å². The molecule has 0 saturated carbocycles. The van der Waals surface area contributed by atoms with E-state index in [0.29, 0.717) is 5.92 Å². The topological polar surface area (TPSA) is 0 Å². The van der Waals surface area contributed by atoms with E-state index >= 15 is 0 Å². The van der Waals surface area contributed by atoms with Crippen LogP contribution in [0.25, 0.3) is 0 Å². The lowest BCUT2D eigenvalue weighted by Gasteiger charge is -2.07. The smallest absolute Gasteiger partial charge is 0.0219 e. The first-order chi connectivity index (χ1) is 7.09. The summed E-state index contributed by atoms with van der Waals surface area (Å²) in [6, 6.07) is 6.74. The Labute approximate surface area is 96.7 Å². The van der Waals surface area contributed by atoms with Crippen molar-refractivity contribution < 1.29 is 0 Å². The Bertz CT molecular complexity index is 226. The van der Waals surface area contributed by atoms with Gasteiger partial charge in [0.15, 0.2) is 0 Å². The summed E-state index contributed by atoms with van der Waals surface area (Å²) < 4.78 is 0. The molecular weight excluding hydrogens is 180 g/mol. The van der Waals surface area contributed by atoms with Crippen molar-refractivity contribution in [1.82, 2.24) is 0 Å². The van der Waals surface area contributed by atoms with Crippen molar-refractivity contribution in [3.8, 4) is 0 Å². The van der Waals surface area contributed by atoms with E-state index in [4.69, 9.17) is 0 Å². The maximum absolute atomic E-state index is 2.26. The lowest BCUT2D eigenvalue weighted by atomic mass is 9.99. The molecule has 0 aliphatic carbocycles. The molecule has 0 N–H and O–H groups in total. The SMILES string of the molecule is CC.CC.Cc1cc(C)cc(C(C)C)c1. The Hall–Kier alpha value is -0.780. The number of aryl methyl sites for hydroxylation is 2. The summed E-state index contributed by atoms with van der Waals surface area (Å²) in [5.74, 6) is 0.647. The van der Waals surface area contributed by atoms with Gasteiger partial charge in [-0.25, -0.2) is 0 Å². The Morgan fingerprint density at radius 3 is 1.33 bits per heavy atom. The minimum atomic E-state index is 0.647. The molecule has 15 heavy (non-hydrogen) atoms. The highest BCUT2D eigenvalue weighted by atomic mass is 14.0. The van der Waals surface area contributed by atoms with Crippen LogP contribution in [0.3, 0.4) is 0 Å². The van der Waals surface area contributed by atoms with Gasteiger partial charge >= 0.3 is 0 Å². The average Bonchev–Trinajstić information content (AvgIpc) is 2.22. The normalized spacial score (nSPS) is 8.60. The van der Waals surface area contributed by atoms with E-state index in [1.54, 1.807) is 0 Å². The summed E-state index contributed by atoms with van der Waals surface area (Å²) in [4.78, 5) is 0. The summed E-state index contributed by atoms with van der Waals surface area (Å²) in [7, 11) is 0. The molecule has 0 atom stereocenters. The van der Waals surface area contributed by atoms with Gasteiger partial charge in [0.1, 0.15) is 0 Å². The second-order valence-corrected chi connectivity index (χ2v) is 3.58. The Kier molecular flexibility index (Phi) is 10.8. The molecule has 0 aliphatic heterocycles. The van der Waals surface area contributed by atoms with Gasteiger partial charge in [0.05, 0.1) is 0 Å². The summed E-state index contributed by atoms with van der Waals surface area (Å²) in [6.07, 6.45) is 0. The zero-order valence-corrected chi connectivity index (χ0v) is 11.8. The third-order valence-electron chi connectivity index (χ3n) is 1.91. The molecule has 0 amide bonds.